The van der Waals surface area contributed by atoms with Gasteiger partial charge in [-0.05, 0) is 24.4 Å². The van der Waals surface area contributed by atoms with Gasteiger partial charge in [-0.25, -0.2) is 12.8 Å². The maximum atomic E-state index is 13.9. The maximum absolute atomic E-state index is 13.9. The Morgan fingerprint density at radius 3 is 2.52 bits per heavy atom. The lowest BCUT2D eigenvalue weighted by Gasteiger charge is -2.33. The van der Waals surface area contributed by atoms with Crippen LogP contribution in [0.1, 0.15) is 16.1 Å². The summed E-state index contributed by atoms with van der Waals surface area (Å²) in [6.45, 7) is 2.64. The molecule has 0 spiro atoms. The van der Waals surface area contributed by atoms with Crippen LogP contribution in [0.5, 0.6) is 0 Å². The number of aryl methyl sites for hydroxylation is 1. The quantitative estimate of drug-likeness (QED) is 0.668. The molecular weight excluding hydrogens is 391 g/mol. The highest BCUT2D eigenvalue weighted by Gasteiger charge is 2.32. The highest BCUT2D eigenvalue weighted by molar-refractivity contribution is 7.91. The Hall–Kier alpha value is -2.23. The highest BCUT2D eigenvalue weighted by Crippen LogP contribution is 2.29. The number of carbonyl (C=O) groups excluding carboxylic acids is 1. The zero-order valence-corrected chi connectivity index (χ0v) is 16.1. The molecule has 0 aliphatic carbocycles. The third-order valence-electron chi connectivity index (χ3n) is 4.73. The number of piperazine rings is 1. The first-order valence-corrected chi connectivity index (χ1v) is 10.7. The number of furan rings is 1. The number of para-hydroxylation sites is 1. The lowest BCUT2D eigenvalue weighted by Crippen LogP contribution is -2.50. The molecule has 142 valence electrons. The van der Waals surface area contributed by atoms with Crippen molar-refractivity contribution in [3.63, 3.8) is 0 Å². The van der Waals surface area contributed by atoms with Gasteiger partial charge < -0.3 is 9.32 Å². The van der Waals surface area contributed by atoms with Gasteiger partial charge in [0.2, 0.25) is 0 Å². The zero-order valence-electron chi connectivity index (χ0n) is 14.5. The normalized spacial score (nSPS) is 16.1. The molecule has 0 unspecified atom stereocenters. The standard InChI is InChI=1S/C18H17FN2O4S2/c1-12-13-4-2-5-14(19)17(13)25-16(12)18(22)20-7-9-21(10-8-20)27(23,24)15-6-3-11-26-15/h2-6,11H,7-10H2,1H3. The summed E-state index contributed by atoms with van der Waals surface area (Å²) in [4.78, 5) is 14.4. The van der Waals surface area contributed by atoms with Crippen molar-refractivity contribution >= 4 is 38.2 Å². The van der Waals surface area contributed by atoms with Gasteiger partial charge in [-0.15, -0.1) is 11.3 Å². The number of carbonyl (C=O) groups is 1. The molecule has 1 fully saturated rings. The lowest BCUT2D eigenvalue weighted by atomic mass is 10.1. The van der Waals surface area contributed by atoms with Crippen LogP contribution in [0.3, 0.4) is 0 Å². The van der Waals surface area contributed by atoms with Gasteiger partial charge in [0.05, 0.1) is 0 Å². The van der Waals surface area contributed by atoms with E-state index >= 15 is 0 Å². The van der Waals surface area contributed by atoms with Crippen molar-refractivity contribution < 1.29 is 22.0 Å². The minimum atomic E-state index is -3.53. The summed E-state index contributed by atoms with van der Waals surface area (Å²) in [5.41, 5.74) is 0.653. The van der Waals surface area contributed by atoms with Crippen molar-refractivity contribution in [2.75, 3.05) is 26.2 Å². The van der Waals surface area contributed by atoms with E-state index < -0.39 is 15.8 Å². The van der Waals surface area contributed by atoms with Gasteiger partial charge in [-0.2, -0.15) is 4.31 Å². The summed E-state index contributed by atoms with van der Waals surface area (Å²) >= 11 is 1.17. The second kappa shape index (κ2) is 6.74. The van der Waals surface area contributed by atoms with E-state index in [4.69, 9.17) is 4.42 Å². The SMILES string of the molecule is Cc1c(C(=O)N2CCN(S(=O)(=O)c3cccs3)CC2)oc2c(F)cccc12. The topological polar surface area (TPSA) is 70.8 Å². The van der Waals surface area contributed by atoms with E-state index in [1.807, 2.05) is 0 Å². The summed E-state index contributed by atoms with van der Waals surface area (Å²) in [7, 11) is -3.53. The second-order valence-electron chi connectivity index (χ2n) is 6.30. The van der Waals surface area contributed by atoms with Gasteiger partial charge in [0, 0.05) is 37.1 Å². The number of thiophene rings is 1. The fourth-order valence-electron chi connectivity index (χ4n) is 3.23. The molecule has 1 aromatic carbocycles. The molecule has 0 atom stereocenters. The highest BCUT2D eigenvalue weighted by atomic mass is 32.2. The number of fused-ring (bicyclic) bond motifs is 1. The number of nitrogens with zero attached hydrogens (tertiary/aromatic N) is 2. The van der Waals surface area contributed by atoms with Crippen LogP contribution in [-0.2, 0) is 10.0 Å². The predicted molar refractivity (Wildman–Crippen MR) is 99.9 cm³/mol. The molecular formula is C18H17FN2O4S2. The molecule has 1 amide bonds. The van der Waals surface area contributed by atoms with E-state index in [1.54, 1.807) is 41.5 Å². The zero-order chi connectivity index (χ0) is 19.2. The summed E-state index contributed by atoms with van der Waals surface area (Å²) in [5.74, 6) is -0.762. The Bertz CT molecular complexity index is 1100. The number of benzene rings is 1. The number of rotatable bonds is 3. The van der Waals surface area contributed by atoms with Crippen LogP contribution < -0.4 is 0 Å². The van der Waals surface area contributed by atoms with Gasteiger partial charge in [0.25, 0.3) is 15.9 Å². The largest absolute Gasteiger partial charge is 0.448 e. The van der Waals surface area contributed by atoms with Gasteiger partial charge in [0.15, 0.2) is 17.2 Å². The average molecular weight is 408 g/mol. The summed E-state index contributed by atoms with van der Waals surface area (Å²) < 4.78 is 46.2. The van der Waals surface area contributed by atoms with E-state index in [1.165, 1.54) is 21.7 Å². The Morgan fingerprint density at radius 1 is 1.15 bits per heavy atom. The molecule has 0 saturated carbocycles. The molecule has 2 aromatic heterocycles. The molecule has 1 aliphatic rings. The van der Waals surface area contributed by atoms with Gasteiger partial charge in [-0.1, -0.05) is 18.2 Å². The van der Waals surface area contributed by atoms with Gasteiger partial charge in [-0.3, -0.25) is 4.79 Å². The van der Waals surface area contributed by atoms with Gasteiger partial charge >= 0.3 is 0 Å². The lowest BCUT2D eigenvalue weighted by molar-refractivity contribution is 0.0667. The summed E-state index contributed by atoms with van der Waals surface area (Å²) in [6.07, 6.45) is 0. The Kier molecular flexibility index (Phi) is 4.53. The molecule has 0 N–H and O–H groups in total. The molecule has 0 radical (unpaired) electrons. The van der Waals surface area contributed by atoms with E-state index in [2.05, 4.69) is 0 Å². The first-order valence-electron chi connectivity index (χ1n) is 8.40. The number of amides is 1. The van der Waals surface area contributed by atoms with Crippen molar-refractivity contribution in [3.05, 3.63) is 52.9 Å². The molecule has 3 heterocycles. The Balaban J connectivity index is 1.53. The third-order valence-corrected chi connectivity index (χ3v) is 8.00. The Labute approximate surface area is 159 Å². The van der Waals surface area contributed by atoms with Crippen LogP contribution in [0.2, 0.25) is 0 Å². The summed E-state index contributed by atoms with van der Waals surface area (Å²) in [6, 6.07) is 7.83. The van der Waals surface area contributed by atoms with Crippen molar-refractivity contribution in [2.45, 2.75) is 11.1 Å². The fraction of sp³-hybridized carbons (Fsp3) is 0.278. The molecule has 3 aromatic rings. The van der Waals surface area contributed by atoms with Crippen LogP contribution in [0.15, 0.2) is 44.3 Å². The molecule has 4 rings (SSSR count). The minimum Gasteiger partial charge on any atom is -0.448 e. The fourth-order valence-corrected chi connectivity index (χ4v) is 5.79. The van der Waals surface area contributed by atoms with Crippen molar-refractivity contribution in [3.8, 4) is 0 Å². The van der Waals surface area contributed by atoms with Gasteiger partial charge in [0.1, 0.15) is 4.21 Å². The molecule has 1 saturated heterocycles. The molecule has 27 heavy (non-hydrogen) atoms. The average Bonchev–Trinajstić information content (AvgIpc) is 3.31. The molecule has 0 bridgehead atoms. The first-order chi connectivity index (χ1) is 12.9. The smallest absolute Gasteiger partial charge is 0.289 e. The van der Waals surface area contributed by atoms with E-state index in [-0.39, 0.29) is 43.4 Å². The molecule has 6 nitrogen and oxygen atoms in total. The Morgan fingerprint density at radius 2 is 1.89 bits per heavy atom. The van der Waals surface area contributed by atoms with E-state index in [0.717, 1.165) is 0 Å². The van der Waals surface area contributed by atoms with Crippen LogP contribution in [-0.4, -0.2) is 49.7 Å². The van der Waals surface area contributed by atoms with Crippen molar-refractivity contribution in [2.24, 2.45) is 0 Å². The van der Waals surface area contributed by atoms with Crippen LogP contribution in [0.4, 0.5) is 4.39 Å². The van der Waals surface area contributed by atoms with E-state index in [9.17, 15) is 17.6 Å². The number of halogens is 1. The molecule has 9 heteroatoms. The monoisotopic (exact) mass is 408 g/mol. The second-order valence-corrected chi connectivity index (χ2v) is 9.41. The number of hydrogen-bond acceptors (Lipinski definition) is 5. The summed E-state index contributed by atoms with van der Waals surface area (Å²) in [5, 5.41) is 2.29. The number of sulfonamides is 1. The van der Waals surface area contributed by atoms with Crippen LogP contribution in [0, 0.1) is 12.7 Å². The van der Waals surface area contributed by atoms with Crippen molar-refractivity contribution in [1.82, 2.24) is 9.21 Å². The number of hydrogen-bond donors (Lipinski definition) is 0. The van der Waals surface area contributed by atoms with Crippen molar-refractivity contribution in [1.29, 1.82) is 0 Å². The van der Waals surface area contributed by atoms with Crippen LogP contribution >= 0.6 is 11.3 Å². The first kappa shape index (κ1) is 18.1. The predicted octanol–water partition coefficient (Wildman–Crippen LogP) is 3.09. The van der Waals surface area contributed by atoms with E-state index in [0.29, 0.717) is 15.2 Å². The minimum absolute atomic E-state index is 0.0669. The third kappa shape index (κ3) is 3.05. The molecule has 1 aliphatic heterocycles. The van der Waals surface area contributed by atoms with Crippen LogP contribution in [0.25, 0.3) is 11.0 Å². The maximum Gasteiger partial charge on any atom is 0.289 e.